The van der Waals surface area contributed by atoms with Crippen LogP contribution in [0.4, 0.5) is 20.6 Å². The van der Waals surface area contributed by atoms with Crippen LogP contribution in [0, 0.1) is 0 Å². The predicted octanol–water partition coefficient (Wildman–Crippen LogP) is 3.93. The molecule has 1 atom stereocenters. The number of hydrogen-bond acceptors (Lipinski definition) is 5. The van der Waals surface area contributed by atoms with Crippen molar-refractivity contribution in [3.8, 4) is 11.3 Å². The first-order valence-corrected chi connectivity index (χ1v) is 11.4. The number of aliphatic hydroxyl groups is 2. The fourth-order valence-corrected chi connectivity index (χ4v) is 4.12. The first-order valence-electron chi connectivity index (χ1n) is 11.4. The molecule has 0 saturated carbocycles. The van der Waals surface area contributed by atoms with Crippen LogP contribution in [0.5, 0.6) is 0 Å². The molecule has 0 spiro atoms. The van der Waals surface area contributed by atoms with Gasteiger partial charge >= 0.3 is 6.03 Å². The molecule has 178 valence electrons. The van der Waals surface area contributed by atoms with Crippen molar-refractivity contribution in [2.75, 3.05) is 31.1 Å². The topological polar surface area (TPSA) is 88.9 Å². The van der Waals surface area contributed by atoms with Crippen molar-refractivity contribution in [1.82, 2.24) is 15.2 Å². The fraction of sp³-hybridized carbons (Fsp3) is 0.308. The Bertz CT molecular complexity index is 1140. The number of nitrogens with zero attached hydrogens (tertiary/aromatic N) is 3. The van der Waals surface area contributed by atoms with Crippen LogP contribution in [0.15, 0.2) is 60.7 Å². The number of benzene rings is 2. The Morgan fingerprint density at radius 3 is 2.65 bits per heavy atom. The molecule has 4 rings (SSSR count). The quantitative estimate of drug-likeness (QED) is 0.515. The number of hydrogen-bond donors (Lipinski definition) is 3. The summed E-state index contributed by atoms with van der Waals surface area (Å²) in [6.45, 7) is 3.06. The average Bonchev–Trinajstić information content (AvgIpc) is 3.08. The Morgan fingerprint density at radius 2 is 1.94 bits per heavy atom. The van der Waals surface area contributed by atoms with Crippen molar-refractivity contribution >= 4 is 17.4 Å². The number of pyridine rings is 1. The monoisotopic (exact) mass is 464 g/mol. The third-order valence-corrected chi connectivity index (χ3v) is 5.92. The molecular formula is C26H29FN4O3. The van der Waals surface area contributed by atoms with Gasteiger partial charge in [-0.25, -0.2) is 14.2 Å². The number of nitrogens with one attached hydrogen (secondary N) is 1. The van der Waals surface area contributed by atoms with Gasteiger partial charge in [-0.05, 0) is 54.4 Å². The molecule has 7 nitrogen and oxygen atoms in total. The zero-order valence-corrected chi connectivity index (χ0v) is 19.1. The van der Waals surface area contributed by atoms with E-state index in [0.717, 1.165) is 22.5 Å². The number of alkyl halides is 1. The number of rotatable bonds is 6. The highest BCUT2D eigenvalue weighted by atomic mass is 19.1. The highest BCUT2D eigenvalue weighted by Crippen LogP contribution is 2.35. The van der Waals surface area contributed by atoms with Crippen molar-refractivity contribution in [3.63, 3.8) is 0 Å². The summed E-state index contributed by atoms with van der Waals surface area (Å²) in [6.07, 6.45) is -1.04. The van der Waals surface area contributed by atoms with E-state index in [-0.39, 0.29) is 6.03 Å². The van der Waals surface area contributed by atoms with Crippen LogP contribution in [0.25, 0.3) is 11.3 Å². The number of aromatic nitrogens is 1. The van der Waals surface area contributed by atoms with Gasteiger partial charge in [-0.3, -0.25) is 0 Å². The second-order valence-electron chi connectivity index (χ2n) is 8.20. The van der Waals surface area contributed by atoms with Crippen LogP contribution in [0.3, 0.4) is 0 Å². The van der Waals surface area contributed by atoms with Crippen LogP contribution in [-0.4, -0.2) is 52.4 Å². The number of urea groups is 1. The summed E-state index contributed by atoms with van der Waals surface area (Å²) in [7, 11) is 0. The van der Waals surface area contributed by atoms with Crippen molar-refractivity contribution in [1.29, 1.82) is 0 Å². The van der Waals surface area contributed by atoms with E-state index in [2.05, 4.69) is 15.2 Å². The Balaban J connectivity index is 1.75. The van der Waals surface area contributed by atoms with Gasteiger partial charge in [0.1, 0.15) is 12.8 Å². The minimum Gasteiger partial charge on any atom is -0.393 e. The molecule has 8 heteroatoms. The van der Waals surface area contributed by atoms with E-state index < -0.39 is 19.4 Å². The molecule has 2 aromatic carbocycles. The molecule has 3 aromatic rings. The molecule has 1 aliphatic rings. The van der Waals surface area contributed by atoms with Gasteiger partial charge in [-0.15, -0.1) is 0 Å². The van der Waals surface area contributed by atoms with Gasteiger partial charge in [0.05, 0.1) is 18.0 Å². The van der Waals surface area contributed by atoms with Crippen molar-refractivity contribution in [3.05, 3.63) is 77.5 Å². The SMILES string of the molecule is CCNC(=O)N1CCN(c2ccc(CF)cc2)c2ccc(-c3cccc(C(O)CO)n3)cc2C1. The first-order chi connectivity index (χ1) is 16.5. The lowest BCUT2D eigenvalue weighted by molar-refractivity contribution is 0.0923. The number of halogens is 1. The number of carbonyl (C=O) groups is 1. The van der Waals surface area contributed by atoms with E-state index in [4.69, 9.17) is 0 Å². The third kappa shape index (κ3) is 5.03. The summed E-state index contributed by atoms with van der Waals surface area (Å²) in [5.74, 6) is 0. The van der Waals surface area contributed by atoms with Gasteiger partial charge in [0.15, 0.2) is 0 Å². The molecule has 34 heavy (non-hydrogen) atoms. The summed E-state index contributed by atoms with van der Waals surface area (Å²) in [6, 6.07) is 18.5. The zero-order chi connectivity index (χ0) is 24.1. The Labute approximate surface area is 198 Å². The predicted molar refractivity (Wildman–Crippen MR) is 129 cm³/mol. The molecule has 3 N–H and O–H groups in total. The summed E-state index contributed by atoms with van der Waals surface area (Å²) < 4.78 is 13.0. The van der Waals surface area contributed by atoms with E-state index in [0.29, 0.717) is 43.1 Å². The number of aliphatic hydroxyl groups excluding tert-OH is 2. The maximum Gasteiger partial charge on any atom is 0.317 e. The average molecular weight is 465 g/mol. The minimum absolute atomic E-state index is 0.125. The molecule has 2 heterocycles. The molecule has 1 aliphatic heterocycles. The lowest BCUT2D eigenvalue weighted by Crippen LogP contribution is -2.41. The molecule has 2 amide bonds. The van der Waals surface area contributed by atoms with E-state index >= 15 is 0 Å². The molecule has 0 aliphatic carbocycles. The van der Waals surface area contributed by atoms with Crippen LogP contribution >= 0.6 is 0 Å². The Kier molecular flexibility index (Phi) is 7.40. The third-order valence-electron chi connectivity index (χ3n) is 5.92. The zero-order valence-electron chi connectivity index (χ0n) is 19.1. The van der Waals surface area contributed by atoms with E-state index in [9.17, 15) is 19.4 Å². The highest BCUT2D eigenvalue weighted by Gasteiger charge is 2.24. The molecule has 0 fully saturated rings. The smallest absolute Gasteiger partial charge is 0.317 e. The molecule has 1 unspecified atom stereocenters. The molecule has 0 radical (unpaired) electrons. The first kappa shape index (κ1) is 23.7. The van der Waals surface area contributed by atoms with Gasteiger partial charge in [-0.2, -0.15) is 0 Å². The number of fused-ring (bicyclic) bond motifs is 1. The lowest BCUT2D eigenvalue weighted by Gasteiger charge is -2.25. The van der Waals surface area contributed by atoms with E-state index in [1.807, 2.05) is 43.3 Å². The number of anilines is 2. The number of carbonyl (C=O) groups excluding carboxylic acids is 1. The van der Waals surface area contributed by atoms with Crippen molar-refractivity contribution in [2.45, 2.75) is 26.2 Å². The number of amides is 2. The summed E-state index contributed by atoms with van der Waals surface area (Å²) in [4.78, 5) is 21.1. The van der Waals surface area contributed by atoms with Gasteiger partial charge in [0.2, 0.25) is 0 Å². The van der Waals surface area contributed by atoms with Gasteiger partial charge in [-0.1, -0.05) is 24.3 Å². The van der Waals surface area contributed by atoms with Crippen molar-refractivity contribution in [2.24, 2.45) is 0 Å². The Hall–Kier alpha value is -3.49. The maximum absolute atomic E-state index is 13.0. The summed E-state index contributed by atoms with van der Waals surface area (Å²) in [5.41, 5.74) is 5.37. The van der Waals surface area contributed by atoms with Crippen molar-refractivity contribution < 1.29 is 19.4 Å². The van der Waals surface area contributed by atoms with Crippen LogP contribution in [-0.2, 0) is 13.2 Å². The minimum atomic E-state index is -1.04. The molecule has 0 saturated heterocycles. The van der Waals surface area contributed by atoms with Gasteiger partial charge in [0, 0.05) is 43.1 Å². The maximum atomic E-state index is 13.0. The van der Waals surface area contributed by atoms with E-state index in [1.54, 1.807) is 29.2 Å². The molecule has 0 bridgehead atoms. The summed E-state index contributed by atoms with van der Waals surface area (Å²) >= 11 is 0. The van der Waals surface area contributed by atoms with Crippen LogP contribution in [0.2, 0.25) is 0 Å². The van der Waals surface area contributed by atoms with Gasteiger partial charge < -0.3 is 25.3 Å². The fourth-order valence-electron chi connectivity index (χ4n) is 4.12. The summed E-state index contributed by atoms with van der Waals surface area (Å²) in [5, 5.41) is 22.1. The highest BCUT2D eigenvalue weighted by molar-refractivity contribution is 5.77. The second kappa shape index (κ2) is 10.6. The Morgan fingerprint density at radius 1 is 1.15 bits per heavy atom. The molecule has 1 aromatic heterocycles. The standard InChI is InChI=1S/C26H29FN4O3/c1-2-28-26(34)30-12-13-31(21-9-6-18(15-27)7-10-21)24-11-8-19(14-20(24)16-30)22-4-3-5-23(29-22)25(33)17-32/h3-11,14,25,32-33H,2,12-13,15-17H2,1H3,(H,28,34). The normalized spacial score (nSPS) is 14.4. The van der Waals surface area contributed by atoms with E-state index in [1.165, 1.54) is 0 Å². The van der Waals surface area contributed by atoms with Crippen LogP contribution < -0.4 is 10.2 Å². The largest absolute Gasteiger partial charge is 0.393 e. The second-order valence-corrected chi connectivity index (χ2v) is 8.20. The van der Waals surface area contributed by atoms with Crippen LogP contribution in [0.1, 0.15) is 29.8 Å². The lowest BCUT2D eigenvalue weighted by atomic mass is 10.0. The van der Waals surface area contributed by atoms with Gasteiger partial charge in [0.25, 0.3) is 0 Å². The molecular weight excluding hydrogens is 435 g/mol.